The minimum atomic E-state index is -0.155. The maximum Gasteiger partial charge on any atom is 0.322 e. The molecule has 0 saturated carbocycles. The lowest BCUT2D eigenvalue weighted by Gasteiger charge is -2.41. The highest BCUT2D eigenvalue weighted by molar-refractivity contribution is 6.39. The molecule has 2 amide bonds. The summed E-state index contributed by atoms with van der Waals surface area (Å²) < 4.78 is 2.05. The molecule has 7 nitrogen and oxygen atoms in total. The summed E-state index contributed by atoms with van der Waals surface area (Å²) in [7, 11) is 0. The second kappa shape index (κ2) is 9.56. The number of benzene rings is 2. The Labute approximate surface area is 223 Å². The zero-order valence-electron chi connectivity index (χ0n) is 19.2. The highest BCUT2D eigenvalue weighted by Crippen LogP contribution is 2.35. The number of hydrogen-bond donors (Lipinski definition) is 1. The van der Waals surface area contributed by atoms with Crippen molar-refractivity contribution >= 4 is 52.3 Å². The molecule has 2 saturated heterocycles. The number of amides is 2. The summed E-state index contributed by atoms with van der Waals surface area (Å²) in [5.41, 5.74) is 3.42. The third-order valence-electron chi connectivity index (χ3n) is 6.98. The van der Waals surface area contributed by atoms with Crippen molar-refractivity contribution in [2.24, 2.45) is 0 Å². The molecule has 2 aromatic carbocycles. The molecule has 2 aromatic heterocycles. The molecular weight excluding hydrogens is 519 g/mol. The molecule has 10 heteroatoms. The van der Waals surface area contributed by atoms with Gasteiger partial charge in [-0.15, -0.1) is 0 Å². The Hall–Kier alpha value is -2.84. The number of hydrogen-bond acceptors (Lipinski definition) is 4. The zero-order valence-corrected chi connectivity index (χ0v) is 21.5. The van der Waals surface area contributed by atoms with E-state index in [0.717, 1.165) is 42.9 Å². The van der Waals surface area contributed by atoms with Gasteiger partial charge in [0.25, 0.3) is 0 Å². The number of carbonyl (C=O) groups excluding carboxylic acids is 1. The van der Waals surface area contributed by atoms with Crippen molar-refractivity contribution in [3.8, 4) is 11.3 Å². The summed E-state index contributed by atoms with van der Waals surface area (Å²) in [6, 6.07) is 14.9. The van der Waals surface area contributed by atoms with Gasteiger partial charge < -0.3 is 10.2 Å². The average molecular weight is 542 g/mol. The molecule has 2 atom stereocenters. The Morgan fingerprint density at radius 2 is 1.67 bits per heavy atom. The van der Waals surface area contributed by atoms with E-state index in [1.807, 2.05) is 45.8 Å². The molecule has 36 heavy (non-hydrogen) atoms. The van der Waals surface area contributed by atoms with Crippen LogP contribution in [0.2, 0.25) is 15.1 Å². The zero-order chi connectivity index (χ0) is 24.8. The summed E-state index contributed by atoms with van der Waals surface area (Å²) in [6.45, 7) is 2.24. The fourth-order valence-electron chi connectivity index (χ4n) is 5.38. The van der Waals surface area contributed by atoms with Crippen LogP contribution in [0.15, 0.2) is 60.9 Å². The number of halogens is 3. The standard InChI is InChI=1S/C26H23Cl3N6O/c27-17-7-5-16(6-8-17)23-22(34-12-2-11-30-25(34)31-23)15-33-13-18-9-10-19(14-33)35(18)26(36)32-24-20(28)3-1-4-21(24)29/h1-8,11-12,18-19H,9-10,13-15H2,(H,32,36). The maximum absolute atomic E-state index is 13.2. The van der Waals surface area contributed by atoms with Crippen molar-refractivity contribution in [1.29, 1.82) is 0 Å². The van der Waals surface area contributed by atoms with Crippen LogP contribution in [-0.2, 0) is 6.54 Å². The van der Waals surface area contributed by atoms with E-state index in [-0.39, 0.29) is 18.1 Å². The third-order valence-corrected chi connectivity index (χ3v) is 7.86. The summed E-state index contributed by atoms with van der Waals surface area (Å²) in [6.07, 6.45) is 5.67. The summed E-state index contributed by atoms with van der Waals surface area (Å²) in [4.78, 5) is 26.9. The minimum absolute atomic E-state index is 0.112. The van der Waals surface area contributed by atoms with E-state index in [0.29, 0.717) is 33.1 Å². The van der Waals surface area contributed by atoms with Gasteiger partial charge in [-0.3, -0.25) is 9.30 Å². The monoisotopic (exact) mass is 540 g/mol. The first kappa shape index (κ1) is 23.6. The van der Waals surface area contributed by atoms with Gasteiger partial charge >= 0.3 is 6.03 Å². The minimum Gasteiger partial charge on any atom is -0.316 e. The number of nitrogens with one attached hydrogen (secondary N) is 1. The molecule has 2 fully saturated rings. The van der Waals surface area contributed by atoms with Crippen molar-refractivity contribution in [2.45, 2.75) is 31.5 Å². The van der Waals surface area contributed by atoms with Crippen molar-refractivity contribution < 1.29 is 4.79 Å². The topological polar surface area (TPSA) is 65.8 Å². The lowest BCUT2D eigenvalue weighted by Crippen LogP contribution is -2.56. The molecule has 1 N–H and O–H groups in total. The molecule has 0 spiro atoms. The van der Waals surface area contributed by atoms with Gasteiger partial charge in [0, 0.05) is 54.7 Å². The SMILES string of the molecule is O=C(Nc1c(Cl)cccc1Cl)N1C2CCC1CN(Cc1c(-c3ccc(Cl)cc3)nc3ncccn13)C2. The molecule has 2 aliphatic heterocycles. The Balaban J connectivity index is 1.24. The second-order valence-corrected chi connectivity index (χ2v) is 10.5. The molecular formula is C26H23Cl3N6O. The average Bonchev–Trinajstić information content (AvgIpc) is 3.36. The molecule has 4 heterocycles. The maximum atomic E-state index is 13.2. The first-order chi connectivity index (χ1) is 17.5. The number of fused-ring (bicyclic) bond motifs is 3. The molecule has 0 aliphatic carbocycles. The first-order valence-electron chi connectivity index (χ1n) is 11.8. The van der Waals surface area contributed by atoms with Crippen molar-refractivity contribution in [3.05, 3.63) is 81.7 Å². The number of aromatic nitrogens is 3. The number of anilines is 1. The van der Waals surface area contributed by atoms with Crippen LogP contribution >= 0.6 is 34.8 Å². The Kier molecular flexibility index (Phi) is 6.25. The first-order valence-corrected chi connectivity index (χ1v) is 12.9. The molecule has 2 bridgehead atoms. The number of likely N-dealkylation sites (tertiary alicyclic amines) is 1. The van der Waals surface area contributed by atoms with Crippen LogP contribution < -0.4 is 5.32 Å². The molecule has 184 valence electrons. The normalized spacial score (nSPS) is 19.7. The van der Waals surface area contributed by atoms with Crippen LogP contribution in [0.3, 0.4) is 0 Å². The molecule has 0 radical (unpaired) electrons. The van der Waals surface area contributed by atoms with E-state index in [1.165, 1.54) is 0 Å². The number of carbonyl (C=O) groups is 1. The lowest BCUT2D eigenvalue weighted by molar-refractivity contribution is 0.0894. The van der Waals surface area contributed by atoms with Gasteiger partial charge in [0.15, 0.2) is 0 Å². The van der Waals surface area contributed by atoms with Crippen LogP contribution in [0.25, 0.3) is 17.0 Å². The Morgan fingerprint density at radius 1 is 0.972 bits per heavy atom. The summed E-state index contributed by atoms with van der Waals surface area (Å²) >= 11 is 18.7. The van der Waals surface area contributed by atoms with Crippen molar-refractivity contribution in [3.63, 3.8) is 0 Å². The fraction of sp³-hybridized carbons (Fsp3) is 0.269. The summed E-state index contributed by atoms with van der Waals surface area (Å²) in [5, 5.41) is 4.48. The van der Waals surface area contributed by atoms with Gasteiger partial charge in [-0.2, -0.15) is 0 Å². The van der Waals surface area contributed by atoms with Crippen molar-refractivity contribution in [2.75, 3.05) is 18.4 Å². The highest BCUT2D eigenvalue weighted by atomic mass is 35.5. The van der Waals surface area contributed by atoms with E-state index >= 15 is 0 Å². The third kappa shape index (κ3) is 4.30. The van der Waals surface area contributed by atoms with Gasteiger partial charge in [0.05, 0.1) is 27.1 Å². The van der Waals surface area contributed by atoms with Gasteiger partial charge in [0.1, 0.15) is 0 Å². The molecule has 4 aromatic rings. The Bertz CT molecular complexity index is 1410. The smallest absolute Gasteiger partial charge is 0.316 e. The van der Waals surface area contributed by atoms with Crippen LogP contribution in [-0.4, -0.2) is 55.4 Å². The number of para-hydroxylation sites is 1. The van der Waals surface area contributed by atoms with E-state index < -0.39 is 0 Å². The van der Waals surface area contributed by atoms with Gasteiger partial charge in [-0.25, -0.2) is 14.8 Å². The number of rotatable bonds is 4. The largest absolute Gasteiger partial charge is 0.322 e. The molecule has 6 rings (SSSR count). The predicted molar refractivity (Wildman–Crippen MR) is 143 cm³/mol. The van der Waals surface area contributed by atoms with Gasteiger partial charge in [-0.05, 0) is 43.2 Å². The van der Waals surface area contributed by atoms with E-state index in [4.69, 9.17) is 39.8 Å². The van der Waals surface area contributed by atoms with Crippen LogP contribution in [0, 0.1) is 0 Å². The number of urea groups is 1. The number of imidazole rings is 1. The lowest BCUT2D eigenvalue weighted by atomic mass is 10.1. The van der Waals surface area contributed by atoms with E-state index in [9.17, 15) is 4.79 Å². The molecule has 2 unspecified atom stereocenters. The van der Waals surface area contributed by atoms with Gasteiger partial charge in [0.2, 0.25) is 5.78 Å². The second-order valence-electron chi connectivity index (χ2n) is 9.22. The predicted octanol–water partition coefficient (Wildman–Crippen LogP) is 6.24. The Morgan fingerprint density at radius 3 is 2.36 bits per heavy atom. The van der Waals surface area contributed by atoms with E-state index in [1.54, 1.807) is 24.4 Å². The fourth-order valence-corrected chi connectivity index (χ4v) is 5.99. The number of piperazine rings is 1. The van der Waals surface area contributed by atoms with E-state index in [2.05, 4.69) is 15.2 Å². The van der Waals surface area contributed by atoms with Crippen LogP contribution in [0.1, 0.15) is 18.5 Å². The number of nitrogens with zero attached hydrogens (tertiary/aromatic N) is 5. The van der Waals surface area contributed by atoms with Gasteiger partial charge in [-0.1, -0.05) is 53.0 Å². The molecule has 2 aliphatic rings. The highest BCUT2D eigenvalue weighted by Gasteiger charge is 2.43. The van der Waals surface area contributed by atoms with Crippen LogP contribution in [0.5, 0.6) is 0 Å². The van der Waals surface area contributed by atoms with Crippen molar-refractivity contribution in [1.82, 2.24) is 24.2 Å². The quantitative estimate of drug-likeness (QED) is 0.332. The van der Waals surface area contributed by atoms with Crippen LogP contribution in [0.4, 0.5) is 10.5 Å². The summed E-state index contributed by atoms with van der Waals surface area (Å²) in [5.74, 6) is 0.662.